The van der Waals surface area contributed by atoms with E-state index < -0.39 is 5.91 Å². The van der Waals surface area contributed by atoms with Crippen LogP contribution in [0, 0.1) is 6.92 Å². The van der Waals surface area contributed by atoms with Gasteiger partial charge in [-0.05, 0) is 19.9 Å². The molecule has 0 aliphatic carbocycles. The van der Waals surface area contributed by atoms with Crippen molar-refractivity contribution in [2.24, 2.45) is 11.5 Å². The molecule has 0 saturated carbocycles. The summed E-state index contributed by atoms with van der Waals surface area (Å²) in [4.78, 5) is 29.9. The molecular weight excluding hydrogens is 366 g/mol. The van der Waals surface area contributed by atoms with E-state index in [9.17, 15) is 9.59 Å². The van der Waals surface area contributed by atoms with Crippen LogP contribution in [0.5, 0.6) is 0 Å². The van der Waals surface area contributed by atoms with E-state index in [4.69, 9.17) is 11.5 Å². The van der Waals surface area contributed by atoms with Crippen molar-refractivity contribution in [2.75, 3.05) is 11.9 Å². The molecule has 0 aromatic carbocycles. The van der Waals surface area contributed by atoms with Crippen LogP contribution in [-0.4, -0.2) is 33.0 Å². The Morgan fingerprint density at radius 1 is 1.41 bits per heavy atom. The number of carbonyl (C=O) groups excluding carboxylic acids is 2. The summed E-state index contributed by atoms with van der Waals surface area (Å²) in [7, 11) is 0. The monoisotopic (exact) mass is 388 g/mol. The van der Waals surface area contributed by atoms with Crippen molar-refractivity contribution in [3.63, 3.8) is 0 Å². The van der Waals surface area contributed by atoms with Gasteiger partial charge in [0.25, 0.3) is 11.6 Å². The number of aromatic amines is 1. The molecule has 0 bridgehead atoms. The summed E-state index contributed by atoms with van der Waals surface area (Å²) in [6.45, 7) is 5.36. The third-order valence-electron chi connectivity index (χ3n) is 3.98. The first-order valence-electron chi connectivity index (χ1n) is 8.50. The largest absolute Gasteiger partial charge is 0.365 e. The van der Waals surface area contributed by atoms with Gasteiger partial charge in [0, 0.05) is 19.2 Å². The number of anilines is 1. The Morgan fingerprint density at radius 3 is 2.85 bits per heavy atom. The van der Waals surface area contributed by atoms with Crippen LogP contribution >= 0.6 is 11.3 Å². The number of nitrogens with one attached hydrogen (secondary N) is 2. The van der Waals surface area contributed by atoms with Crippen molar-refractivity contribution in [3.8, 4) is 0 Å². The lowest BCUT2D eigenvalue weighted by Gasteiger charge is -2.06. The normalized spacial score (nSPS) is 11.5. The highest BCUT2D eigenvalue weighted by molar-refractivity contribution is 7.20. The third kappa shape index (κ3) is 3.76. The van der Waals surface area contributed by atoms with Gasteiger partial charge >= 0.3 is 5.91 Å². The van der Waals surface area contributed by atoms with E-state index in [-0.39, 0.29) is 5.91 Å². The van der Waals surface area contributed by atoms with Crippen LogP contribution in [0.15, 0.2) is 24.3 Å². The van der Waals surface area contributed by atoms with E-state index >= 15 is 0 Å². The molecule has 3 aromatic heterocycles. The van der Waals surface area contributed by atoms with Crippen molar-refractivity contribution in [2.45, 2.75) is 26.9 Å². The van der Waals surface area contributed by atoms with Crippen molar-refractivity contribution in [1.82, 2.24) is 14.6 Å². The minimum atomic E-state index is -0.501. The summed E-state index contributed by atoms with van der Waals surface area (Å²) in [6, 6.07) is 3.42. The van der Waals surface area contributed by atoms with Crippen molar-refractivity contribution < 1.29 is 14.3 Å². The Hall–Kier alpha value is -2.98. The quantitative estimate of drug-likeness (QED) is 0.353. The molecule has 10 heteroatoms. The minimum absolute atomic E-state index is 0.266. The van der Waals surface area contributed by atoms with Crippen LogP contribution in [0.25, 0.3) is 10.3 Å². The van der Waals surface area contributed by atoms with Crippen LogP contribution in [0.2, 0.25) is 0 Å². The van der Waals surface area contributed by atoms with Gasteiger partial charge in [-0.15, -0.1) is 16.0 Å². The fourth-order valence-corrected chi connectivity index (χ4v) is 3.73. The van der Waals surface area contributed by atoms with Crippen molar-refractivity contribution in [3.05, 3.63) is 40.5 Å². The predicted octanol–water partition coefficient (Wildman–Crippen LogP) is 0.908. The summed E-state index contributed by atoms with van der Waals surface area (Å²) in [6.07, 6.45) is 3.70. The molecule has 142 valence electrons. The first-order valence-corrected chi connectivity index (χ1v) is 9.32. The van der Waals surface area contributed by atoms with Gasteiger partial charge in [-0.3, -0.25) is 19.5 Å². The Balaban J connectivity index is 1.98. The molecule has 0 aliphatic rings. The molecule has 0 radical (unpaired) electrons. The molecule has 9 nitrogen and oxygen atoms in total. The Labute approximate surface area is 159 Å². The van der Waals surface area contributed by atoms with E-state index in [1.165, 1.54) is 11.3 Å². The van der Waals surface area contributed by atoms with Gasteiger partial charge in [-0.1, -0.05) is 12.2 Å². The molecule has 0 fully saturated rings. The van der Waals surface area contributed by atoms with E-state index in [1.807, 2.05) is 30.6 Å². The van der Waals surface area contributed by atoms with Gasteiger partial charge in [0.1, 0.15) is 10.3 Å². The number of fused-ring (bicyclic) bond motifs is 1. The third-order valence-corrected chi connectivity index (χ3v) is 5.15. The van der Waals surface area contributed by atoms with Gasteiger partial charge in [-0.2, -0.15) is 5.10 Å². The van der Waals surface area contributed by atoms with Gasteiger partial charge in [0.2, 0.25) is 5.95 Å². The number of thiophene rings is 1. The number of carbonyl (C=O) groups is 2. The molecule has 2 amide bonds. The second kappa shape index (κ2) is 7.72. The topological polar surface area (TPSA) is 136 Å². The molecule has 27 heavy (non-hydrogen) atoms. The predicted molar refractivity (Wildman–Crippen MR) is 104 cm³/mol. The van der Waals surface area contributed by atoms with Crippen LogP contribution in [0.1, 0.15) is 32.8 Å². The molecule has 0 atom stereocenters. The average Bonchev–Trinajstić information content (AvgIpc) is 3.28. The summed E-state index contributed by atoms with van der Waals surface area (Å²) >= 11 is 1.24. The SMILES string of the molecule is CC[n+]1[nH]c(C)cc1C(=O)Nc1nc2cc(C(N)=O)sc2n1C/C=C/CN. The van der Waals surface area contributed by atoms with Gasteiger partial charge in [-0.25, -0.2) is 4.98 Å². The average molecular weight is 388 g/mol. The first kappa shape index (κ1) is 18.8. The zero-order chi connectivity index (χ0) is 19.6. The van der Waals surface area contributed by atoms with Gasteiger partial charge in [0.05, 0.1) is 10.6 Å². The van der Waals surface area contributed by atoms with Crippen molar-refractivity contribution >= 4 is 39.4 Å². The summed E-state index contributed by atoms with van der Waals surface area (Å²) in [5, 5.41) is 5.98. The minimum Gasteiger partial charge on any atom is -0.365 e. The van der Waals surface area contributed by atoms with Crippen LogP contribution < -0.4 is 21.5 Å². The highest BCUT2D eigenvalue weighted by Gasteiger charge is 2.24. The van der Waals surface area contributed by atoms with Crippen LogP contribution in [0.3, 0.4) is 0 Å². The molecule has 0 saturated heterocycles. The number of hydrogen-bond donors (Lipinski definition) is 4. The number of nitrogens with zero attached hydrogens (tertiary/aromatic N) is 3. The fourth-order valence-electron chi connectivity index (χ4n) is 2.77. The number of allylic oxidation sites excluding steroid dienone is 1. The van der Waals surface area contributed by atoms with E-state index in [0.717, 1.165) is 10.5 Å². The number of aromatic nitrogens is 4. The first-order chi connectivity index (χ1) is 12.9. The lowest BCUT2D eigenvalue weighted by Crippen LogP contribution is -2.41. The van der Waals surface area contributed by atoms with Gasteiger partial charge in [0.15, 0.2) is 6.54 Å². The van der Waals surface area contributed by atoms with Crippen LogP contribution in [-0.2, 0) is 13.1 Å². The maximum Gasteiger partial charge on any atom is 0.325 e. The highest BCUT2D eigenvalue weighted by Crippen LogP contribution is 2.28. The second-order valence-corrected chi connectivity index (χ2v) is 6.97. The number of hydrogen-bond acceptors (Lipinski definition) is 5. The van der Waals surface area contributed by atoms with E-state index in [1.54, 1.807) is 16.8 Å². The zero-order valence-electron chi connectivity index (χ0n) is 15.2. The smallest absolute Gasteiger partial charge is 0.325 e. The number of rotatable bonds is 7. The molecule has 0 spiro atoms. The molecule has 6 N–H and O–H groups in total. The number of imidazole rings is 1. The molecule has 3 heterocycles. The summed E-state index contributed by atoms with van der Waals surface area (Å²) in [5.74, 6) is -0.363. The van der Waals surface area contributed by atoms with Gasteiger partial charge < -0.3 is 11.5 Å². The number of amides is 2. The highest BCUT2D eigenvalue weighted by atomic mass is 32.1. The number of primary amides is 1. The Morgan fingerprint density at radius 2 is 2.19 bits per heavy atom. The van der Waals surface area contributed by atoms with Crippen LogP contribution in [0.4, 0.5) is 5.95 Å². The van der Waals surface area contributed by atoms with E-state index in [2.05, 4.69) is 15.4 Å². The lowest BCUT2D eigenvalue weighted by molar-refractivity contribution is -0.748. The fraction of sp³-hybridized carbons (Fsp3) is 0.294. The molecule has 3 aromatic rings. The summed E-state index contributed by atoms with van der Waals surface area (Å²) < 4.78 is 3.59. The molecule has 0 aliphatic heterocycles. The Bertz CT molecular complexity index is 1030. The lowest BCUT2D eigenvalue weighted by atomic mass is 10.3. The number of aryl methyl sites for hydroxylation is 2. The number of H-pyrrole nitrogens is 1. The number of nitrogens with two attached hydrogens (primary N) is 2. The molecular formula is C17H22N7O2S+. The molecule has 0 unspecified atom stereocenters. The standard InChI is InChI=1S/C17H21N7O2S/c1-3-24-12(8-10(2)22-24)15(26)21-17-20-11-9-13(14(19)25)27-16(11)23(17)7-5-4-6-18/h4-5,8-9H,3,6-7,18H2,1-2H3,(H3,19,20,21,25,26)/p+1/b5-4+. The second-order valence-electron chi connectivity index (χ2n) is 5.94. The summed E-state index contributed by atoms with van der Waals surface area (Å²) in [5.41, 5.74) is 12.9. The molecule has 3 rings (SSSR count). The Kier molecular flexibility index (Phi) is 5.38. The zero-order valence-corrected chi connectivity index (χ0v) is 16.0. The van der Waals surface area contributed by atoms with E-state index in [0.29, 0.717) is 41.7 Å². The maximum atomic E-state index is 12.7. The maximum absolute atomic E-state index is 12.7. The van der Waals surface area contributed by atoms with Crippen molar-refractivity contribution in [1.29, 1.82) is 0 Å².